The van der Waals surface area contributed by atoms with Gasteiger partial charge >= 0.3 is 0 Å². The fourth-order valence-electron chi connectivity index (χ4n) is 4.33. The van der Waals surface area contributed by atoms with Crippen LogP contribution >= 0.6 is 0 Å². The average Bonchev–Trinajstić information content (AvgIpc) is 3.29. The summed E-state index contributed by atoms with van der Waals surface area (Å²) >= 11 is 0. The molecule has 2 bridgehead atoms. The lowest BCUT2D eigenvalue weighted by Gasteiger charge is -2.44. The van der Waals surface area contributed by atoms with Gasteiger partial charge in [-0.3, -0.25) is 24.5 Å². The second-order valence-corrected chi connectivity index (χ2v) is 23.6. The van der Waals surface area contributed by atoms with Crippen molar-refractivity contribution in [3.63, 3.8) is 0 Å². The molecule has 2 aliphatic rings. The van der Waals surface area contributed by atoms with Crippen molar-refractivity contribution in [2.45, 2.75) is 123 Å². The molecule has 0 unspecified atom stereocenters. The van der Waals surface area contributed by atoms with E-state index in [2.05, 4.69) is 83.0 Å². The molecule has 2 aromatic rings. The first-order valence-electron chi connectivity index (χ1n) is 13.6. The summed E-state index contributed by atoms with van der Waals surface area (Å²) in [6.07, 6.45) is -0.806. The van der Waals surface area contributed by atoms with Crippen molar-refractivity contribution >= 4 is 39.7 Å². The number of carbonyl (C=O) groups excluding carboxylic acids is 1. The maximum Gasteiger partial charge on any atom is 0.280 e. The van der Waals surface area contributed by atoms with Gasteiger partial charge in [-0.05, 0) is 36.3 Å². The number of aromatic nitrogens is 4. The van der Waals surface area contributed by atoms with Crippen LogP contribution in [0.5, 0.6) is 0 Å². The van der Waals surface area contributed by atoms with Crippen LogP contribution < -0.4 is 10.9 Å². The van der Waals surface area contributed by atoms with Crippen molar-refractivity contribution in [2.75, 3.05) is 5.32 Å². The fraction of sp³-hybridized carbons (Fsp3) is 0.769. The number of amides is 1. The monoisotopic (exact) mass is 563 g/mol. The molecule has 1 amide bonds. The molecule has 0 radical (unpaired) electrons. The van der Waals surface area contributed by atoms with Gasteiger partial charge in [-0.1, -0.05) is 55.4 Å². The molecule has 0 saturated carbocycles. The van der Waals surface area contributed by atoms with Crippen molar-refractivity contribution in [3.8, 4) is 0 Å². The number of hydrogen-bond donors (Lipinski definition) is 2. The first-order chi connectivity index (χ1) is 17.2. The second kappa shape index (κ2) is 9.36. The third kappa shape index (κ3) is 5.05. The molecule has 0 aliphatic carbocycles. The van der Waals surface area contributed by atoms with Gasteiger partial charge in [-0.25, -0.2) is 4.98 Å². The van der Waals surface area contributed by atoms with Crippen molar-refractivity contribution in [1.82, 2.24) is 19.5 Å². The molecule has 38 heavy (non-hydrogen) atoms. The highest BCUT2D eigenvalue weighted by atomic mass is 28.4. The summed E-state index contributed by atoms with van der Waals surface area (Å²) < 4.78 is 22.4. The van der Waals surface area contributed by atoms with Gasteiger partial charge in [0.25, 0.3) is 5.56 Å². The van der Waals surface area contributed by atoms with Crippen LogP contribution in [0, 0.1) is 5.92 Å². The van der Waals surface area contributed by atoms with E-state index in [1.165, 1.54) is 0 Å². The van der Waals surface area contributed by atoms with E-state index in [1.807, 2.05) is 4.57 Å². The molecule has 10 nitrogen and oxygen atoms in total. The van der Waals surface area contributed by atoms with Crippen molar-refractivity contribution in [3.05, 3.63) is 16.2 Å². The van der Waals surface area contributed by atoms with Crippen LogP contribution in [0.2, 0.25) is 36.3 Å². The van der Waals surface area contributed by atoms with Gasteiger partial charge in [0.15, 0.2) is 27.8 Å². The largest absolute Gasteiger partial charge is 0.411 e. The number of carbonyl (C=O) groups is 1. The lowest BCUT2D eigenvalue weighted by Crippen LogP contribution is -2.50. The van der Waals surface area contributed by atoms with E-state index in [9.17, 15) is 9.59 Å². The van der Waals surface area contributed by atoms with Gasteiger partial charge in [0, 0.05) is 12.3 Å². The first kappa shape index (κ1) is 29.1. The predicted octanol–water partition coefficient (Wildman–Crippen LogP) is 5.47. The summed E-state index contributed by atoms with van der Waals surface area (Å²) in [5.41, 5.74) is 0.180. The number of imidazole rings is 1. The minimum atomic E-state index is -2.27. The van der Waals surface area contributed by atoms with E-state index in [4.69, 9.17) is 18.6 Å². The summed E-state index contributed by atoms with van der Waals surface area (Å²) in [5.74, 6) is 0.243. The zero-order chi connectivity index (χ0) is 28.6. The number of nitrogens with zero attached hydrogens (tertiary/aromatic N) is 3. The van der Waals surface area contributed by atoms with Gasteiger partial charge in [0.2, 0.25) is 11.9 Å². The number of aromatic amines is 1. The van der Waals surface area contributed by atoms with Crippen LogP contribution in [0.3, 0.4) is 0 Å². The van der Waals surface area contributed by atoms with Crippen LogP contribution in [-0.2, 0) is 18.4 Å². The Morgan fingerprint density at radius 2 is 1.63 bits per heavy atom. The Kier molecular flexibility index (Phi) is 7.17. The molecular formula is C26H45N5O5Si2. The van der Waals surface area contributed by atoms with E-state index >= 15 is 0 Å². The van der Waals surface area contributed by atoms with Gasteiger partial charge in [0.05, 0.1) is 6.10 Å². The van der Waals surface area contributed by atoms with Gasteiger partial charge in [0.1, 0.15) is 24.3 Å². The molecule has 12 heteroatoms. The Morgan fingerprint density at radius 3 is 2.18 bits per heavy atom. The number of ether oxygens (including phenoxy) is 1. The van der Waals surface area contributed by atoms with Crippen LogP contribution in [0.4, 0.5) is 5.95 Å². The predicted molar refractivity (Wildman–Crippen MR) is 153 cm³/mol. The SMILES string of the molecule is CC(C)C(=O)Nc1nc2c(nc3n2[C@H]2C[C@H](O[Si](C)(C)C(C)(C)C)[C@H](O2)[C@H]3O[Si](C)(C)C(C)(C)C)c(=O)[nH]1. The lowest BCUT2D eigenvalue weighted by molar-refractivity contribution is -0.118. The molecule has 0 aromatic carbocycles. The highest BCUT2D eigenvalue weighted by molar-refractivity contribution is 6.74. The Morgan fingerprint density at radius 1 is 1.05 bits per heavy atom. The zero-order valence-electron chi connectivity index (χ0n) is 25.0. The third-order valence-electron chi connectivity index (χ3n) is 8.78. The summed E-state index contributed by atoms with van der Waals surface area (Å²) in [5, 5.41) is 2.71. The lowest BCUT2D eigenvalue weighted by atomic mass is 10.1. The number of rotatable bonds is 6. The molecule has 212 valence electrons. The summed E-state index contributed by atoms with van der Waals surface area (Å²) in [6, 6.07) is 0. The van der Waals surface area contributed by atoms with E-state index in [-0.39, 0.29) is 45.6 Å². The molecule has 2 aliphatic heterocycles. The average molecular weight is 564 g/mol. The van der Waals surface area contributed by atoms with E-state index in [0.717, 1.165) is 0 Å². The van der Waals surface area contributed by atoms with Gasteiger partial charge in [-0.15, -0.1) is 0 Å². The standard InChI is InChI=1S/C26H45N5O5Si2/c1-14(2)22(32)29-24-28-20-17(23(33)30-24)27-21-19(36-38(11,12)26(6,7)8)18-15(13-16(34-18)31(20)21)35-37(9,10)25(3,4)5/h14-16,18-19H,13H2,1-12H3,(H2,28,29,30,32,33)/t15-,16+,18-,19+/m0/s1. The normalized spacial score (nSPS) is 24.2. The first-order valence-corrected chi connectivity index (χ1v) is 19.4. The van der Waals surface area contributed by atoms with Crippen LogP contribution in [0.25, 0.3) is 11.2 Å². The smallest absolute Gasteiger partial charge is 0.280 e. The summed E-state index contributed by atoms with van der Waals surface area (Å²) in [4.78, 5) is 37.5. The van der Waals surface area contributed by atoms with Crippen LogP contribution in [-0.4, -0.2) is 54.3 Å². The fourth-order valence-corrected chi connectivity index (χ4v) is 6.90. The minimum absolute atomic E-state index is 0.0398. The molecule has 2 aromatic heterocycles. The van der Waals surface area contributed by atoms with Gasteiger partial charge < -0.3 is 13.6 Å². The van der Waals surface area contributed by atoms with Gasteiger partial charge in [-0.2, -0.15) is 4.98 Å². The van der Waals surface area contributed by atoms with Crippen molar-refractivity contribution in [1.29, 1.82) is 0 Å². The molecule has 4 atom stereocenters. The van der Waals surface area contributed by atoms with E-state index in [1.54, 1.807) is 13.8 Å². The Hall–Kier alpha value is -1.87. The number of fused-ring (bicyclic) bond motifs is 6. The van der Waals surface area contributed by atoms with Crippen molar-refractivity contribution < 1.29 is 18.4 Å². The highest BCUT2D eigenvalue weighted by Gasteiger charge is 2.55. The number of anilines is 1. The van der Waals surface area contributed by atoms with E-state index in [0.29, 0.717) is 17.9 Å². The zero-order valence-corrected chi connectivity index (χ0v) is 27.0. The summed E-state index contributed by atoms with van der Waals surface area (Å²) in [7, 11) is -4.38. The molecular weight excluding hydrogens is 518 g/mol. The summed E-state index contributed by atoms with van der Waals surface area (Å²) in [6.45, 7) is 25.7. The Labute approximate surface area is 227 Å². The number of nitrogens with one attached hydrogen (secondary N) is 2. The highest BCUT2D eigenvalue weighted by Crippen LogP contribution is 2.51. The van der Waals surface area contributed by atoms with Crippen LogP contribution in [0.15, 0.2) is 4.79 Å². The Balaban J connectivity index is 1.83. The molecule has 1 saturated heterocycles. The molecule has 4 heterocycles. The molecule has 2 N–H and O–H groups in total. The number of hydrogen-bond acceptors (Lipinski definition) is 7. The third-order valence-corrected chi connectivity index (χ3v) is 17.7. The van der Waals surface area contributed by atoms with Crippen LogP contribution in [0.1, 0.15) is 80.0 Å². The maximum absolute atomic E-state index is 13.1. The molecule has 4 rings (SSSR count). The minimum Gasteiger partial charge on any atom is -0.411 e. The van der Waals surface area contributed by atoms with Crippen molar-refractivity contribution in [2.24, 2.45) is 5.92 Å². The maximum atomic E-state index is 13.1. The topological polar surface area (TPSA) is 120 Å². The second-order valence-electron chi connectivity index (χ2n) is 14.1. The Bertz CT molecular complexity index is 1290. The van der Waals surface area contributed by atoms with E-state index < -0.39 is 34.5 Å². The molecule has 1 fully saturated rings. The number of H-pyrrole nitrogens is 1. The quantitative estimate of drug-likeness (QED) is 0.447. The molecule has 0 spiro atoms.